The van der Waals surface area contributed by atoms with Gasteiger partial charge in [0, 0.05) is 5.92 Å². The molecular formula is C17H13FN6S. The van der Waals surface area contributed by atoms with Gasteiger partial charge < -0.3 is 11.5 Å². The molecule has 1 fully saturated rings. The summed E-state index contributed by atoms with van der Waals surface area (Å²) in [5, 5.41) is 9.06. The molecular weight excluding hydrogens is 339 g/mol. The number of nitrogens with two attached hydrogens (primary N) is 2. The molecule has 5 N–H and O–H groups in total. The van der Waals surface area contributed by atoms with Crippen molar-refractivity contribution < 1.29 is 4.39 Å². The molecule has 1 aromatic carbocycles. The normalized spacial score (nSPS) is 13.5. The summed E-state index contributed by atoms with van der Waals surface area (Å²) in [6.45, 7) is 0. The molecule has 2 heterocycles. The highest BCUT2D eigenvalue weighted by atomic mass is 32.1. The van der Waals surface area contributed by atoms with Crippen LogP contribution in [0.4, 0.5) is 16.0 Å². The van der Waals surface area contributed by atoms with E-state index in [0.717, 1.165) is 28.1 Å². The Balaban J connectivity index is 1.70. The van der Waals surface area contributed by atoms with E-state index >= 15 is 0 Å². The maximum atomic E-state index is 14.3. The molecule has 1 aliphatic rings. The number of nitrogens with one attached hydrogen (secondary N) is 1. The molecule has 1 aliphatic carbocycles. The third kappa shape index (κ3) is 2.90. The Labute approximate surface area is 146 Å². The second-order valence-electron chi connectivity index (χ2n) is 5.77. The number of anilines is 2. The summed E-state index contributed by atoms with van der Waals surface area (Å²) >= 11 is 1.52. The number of nitrogens with zero attached hydrogens (tertiary/aromatic N) is 3. The fourth-order valence-electron chi connectivity index (χ4n) is 2.43. The van der Waals surface area contributed by atoms with Crippen molar-refractivity contribution in [2.45, 2.75) is 18.8 Å². The van der Waals surface area contributed by atoms with Crippen LogP contribution < -0.4 is 11.5 Å². The molecule has 0 atom stereocenters. The molecule has 0 unspecified atom stereocenters. The van der Waals surface area contributed by atoms with Gasteiger partial charge in [-0.05, 0) is 30.9 Å². The van der Waals surface area contributed by atoms with Crippen LogP contribution in [0.1, 0.15) is 34.9 Å². The van der Waals surface area contributed by atoms with E-state index in [4.69, 9.17) is 16.9 Å². The smallest absolute Gasteiger partial charge is 0.140 e. The summed E-state index contributed by atoms with van der Waals surface area (Å²) in [6, 6.07) is 3.06. The van der Waals surface area contributed by atoms with Crippen LogP contribution in [-0.2, 0) is 0 Å². The molecule has 6 nitrogen and oxygen atoms in total. The fourth-order valence-corrected chi connectivity index (χ4v) is 3.57. The van der Waals surface area contributed by atoms with Crippen LogP contribution in [0.5, 0.6) is 0 Å². The summed E-state index contributed by atoms with van der Waals surface area (Å²) in [5.41, 5.74) is 12.3. The predicted molar refractivity (Wildman–Crippen MR) is 96.1 cm³/mol. The molecule has 0 radical (unpaired) electrons. The zero-order valence-electron chi connectivity index (χ0n) is 13.0. The predicted octanol–water partition coefficient (Wildman–Crippen LogP) is 2.69. The first-order valence-electron chi connectivity index (χ1n) is 7.60. The van der Waals surface area contributed by atoms with Gasteiger partial charge in [-0.1, -0.05) is 5.92 Å². The minimum absolute atomic E-state index is 0.0660. The van der Waals surface area contributed by atoms with Crippen LogP contribution in [-0.4, -0.2) is 20.7 Å². The van der Waals surface area contributed by atoms with Gasteiger partial charge in [0.25, 0.3) is 0 Å². The van der Waals surface area contributed by atoms with Gasteiger partial charge in [-0.2, -0.15) is 0 Å². The molecule has 8 heteroatoms. The number of halogens is 1. The summed E-state index contributed by atoms with van der Waals surface area (Å²) < 4.78 is 15.1. The number of benzene rings is 1. The van der Waals surface area contributed by atoms with Crippen molar-refractivity contribution in [1.29, 1.82) is 5.41 Å². The third-order valence-corrected chi connectivity index (χ3v) is 5.08. The molecule has 0 aliphatic heterocycles. The molecule has 2 aromatic heterocycles. The van der Waals surface area contributed by atoms with E-state index < -0.39 is 5.82 Å². The lowest BCUT2D eigenvalue weighted by Gasteiger charge is -2.03. The Morgan fingerprint density at radius 2 is 1.96 bits per heavy atom. The Morgan fingerprint density at radius 1 is 1.24 bits per heavy atom. The Morgan fingerprint density at radius 3 is 2.64 bits per heavy atom. The first kappa shape index (κ1) is 15.5. The molecule has 25 heavy (non-hydrogen) atoms. The standard InChI is InChI=1S/C17H13FN6S/c18-10-6-13-12(24-17(25-13)8-1-2-8)5-9(10)3-4-11(19)14-15(20)22-7-23-16(14)21/h5-8,19H,1-2H2,(H4,20,21,22,23). The van der Waals surface area contributed by atoms with Gasteiger partial charge >= 0.3 is 0 Å². The largest absolute Gasteiger partial charge is 0.383 e. The summed E-state index contributed by atoms with van der Waals surface area (Å²) in [7, 11) is 0. The van der Waals surface area contributed by atoms with Crippen LogP contribution in [0, 0.1) is 23.1 Å². The van der Waals surface area contributed by atoms with E-state index in [1.807, 2.05) is 0 Å². The number of thiazole rings is 1. The van der Waals surface area contributed by atoms with E-state index in [2.05, 4.69) is 26.8 Å². The molecule has 0 amide bonds. The lowest BCUT2D eigenvalue weighted by molar-refractivity contribution is 0.626. The topological polar surface area (TPSA) is 115 Å². The summed E-state index contributed by atoms with van der Waals surface area (Å²) in [5.74, 6) is 5.45. The number of hydrogen-bond acceptors (Lipinski definition) is 7. The van der Waals surface area contributed by atoms with Crippen LogP contribution in [0.3, 0.4) is 0 Å². The monoisotopic (exact) mass is 352 g/mol. The minimum Gasteiger partial charge on any atom is -0.383 e. The van der Waals surface area contributed by atoms with E-state index in [9.17, 15) is 4.39 Å². The molecule has 4 rings (SSSR count). The van der Waals surface area contributed by atoms with Crippen molar-refractivity contribution in [3.8, 4) is 11.8 Å². The van der Waals surface area contributed by atoms with E-state index in [1.54, 1.807) is 6.07 Å². The van der Waals surface area contributed by atoms with Crippen LogP contribution in [0.2, 0.25) is 0 Å². The van der Waals surface area contributed by atoms with Gasteiger partial charge in [0.15, 0.2) is 0 Å². The van der Waals surface area contributed by atoms with Gasteiger partial charge in [-0.25, -0.2) is 19.3 Å². The molecule has 0 saturated heterocycles. The Kier molecular flexibility index (Phi) is 3.58. The quantitative estimate of drug-likeness (QED) is 0.484. The van der Waals surface area contributed by atoms with Crippen molar-refractivity contribution in [1.82, 2.24) is 15.0 Å². The lowest BCUT2D eigenvalue weighted by Crippen LogP contribution is -2.09. The fraction of sp³-hybridized carbons (Fsp3) is 0.176. The summed E-state index contributed by atoms with van der Waals surface area (Å²) in [4.78, 5) is 12.2. The molecule has 3 aromatic rings. The average molecular weight is 352 g/mol. The van der Waals surface area contributed by atoms with Gasteiger partial charge in [0.05, 0.1) is 26.4 Å². The minimum atomic E-state index is -0.441. The summed E-state index contributed by atoms with van der Waals surface area (Å²) in [6.07, 6.45) is 3.50. The number of hydrogen-bond donors (Lipinski definition) is 3. The number of aromatic nitrogens is 3. The van der Waals surface area contributed by atoms with E-state index in [1.165, 1.54) is 23.7 Å². The molecule has 124 valence electrons. The van der Waals surface area contributed by atoms with Crippen LogP contribution in [0.25, 0.3) is 10.2 Å². The molecule has 1 saturated carbocycles. The lowest BCUT2D eigenvalue weighted by atomic mass is 10.1. The highest BCUT2D eigenvalue weighted by Crippen LogP contribution is 2.43. The maximum Gasteiger partial charge on any atom is 0.140 e. The second kappa shape index (κ2) is 5.79. The van der Waals surface area contributed by atoms with Crippen LogP contribution >= 0.6 is 11.3 Å². The van der Waals surface area contributed by atoms with Gasteiger partial charge in [-0.3, -0.25) is 5.41 Å². The van der Waals surface area contributed by atoms with Gasteiger partial charge in [0.1, 0.15) is 29.5 Å². The SMILES string of the molecule is N=C(C#Cc1cc2nc(C3CC3)sc2cc1F)c1c(N)ncnc1N. The van der Waals surface area contributed by atoms with Crippen molar-refractivity contribution in [2.75, 3.05) is 11.5 Å². The Bertz CT molecular complexity index is 1050. The van der Waals surface area contributed by atoms with Gasteiger partial charge in [0.2, 0.25) is 0 Å². The van der Waals surface area contributed by atoms with Crippen molar-refractivity contribution in [2.24, 2.45) is 0 Å². The van der Waals surface area contributed by atoms with Crippen molar-refractivity contribution in [3.63, 3.8) is 0 Å². The number of nitrogen functional groups attached to an aromatic ring is 2. The van der Waals surface area contributed by atoms with Crippen molar-refractivity contribution >= 4 is 38.9 Å². The number of fused-ring (bicyclic) bond motifs is 1. The molecule has 0 bridgehead atoms. The maximum absolute atomic E-state index is 14.3. The zero-order valence-corrected chi connectivity index (χ0v) is 13.8. The van der Waals surface area contributed by atoms with E-state index in [-0.39, 0.29) is 28.5 Å². The Hall–Kier alpha value is -3.05. The van der Waals surface area contributed by atoms with Crippen molar-refractivity contribution in [3.05, 3.63) is 40.4 Å². The first-order valence-corrected chi connectivity index (χ1v) is 8.41. The van der Waals surface area contributed by atoms with E-state index in [0.29, 0.717) is 5.92 Å². The molecule has 0 spiro atoms. The van der Waals surface area contributed by atoms with Crippen LogP contribution in [0.15, 0.2) is 18.5 Å². The highest BCUT2D eigenvalue weighted by Gasteiger charge is 2.27. The average Bonchev–Trinajstić information content (AvgIpc) is 3.33. The second-order valence-corrected chi connectivity index (χ2v) is 6.83. The first-order chi connectivity index (χ1) is 12.0. The zero-order chi connectivity index (χ0) is 17.6. The number of rotatable bonds is 2. The highest BCUT2D eigenvalue weighted by molar-refractivity contribution is 7.18. The third-order valence-electron chi connectivity index (χ3n) is 3.90. The van der Waals surface area contributed by atoms with Gasteiger partial charge in [-0.15, -0.1) is 11.3 Å².